The molecule has 0 bridgehead atoms. The van der Waals surface area contributed by atoms with Crippen molar-refractivity contribution in [3.8, 4) is 11.5 Å². The molecule has 1 amide bonds. The fourth-order valence-electron chi connectivity index (χ4n) is 5.11. The van der Waals surface area contributed by atoms with Gasteiger partial charge >= 0.3 is 0 Å². The predicted molar refractivity (Wildman–Crippen MR) is 145 cm³/mol. The minimum atomic E-state index is -0.287. The van der Waals surface area contributed by atoms with Gasteiger partial charge in [0, 0.05) is 55.1 Å². The summed E-state index contributed by atoms with van der Waals surface area (Å²) in [6.07, 6.45) is 0. The molecule has 0 radical (unpaired) electrons. The molecule has 1 unspecified atom stereocenters. The van der Waals surface area contributed by atoms with Gasteiger partial charge in [0.1, 0.15) is 11.5 Å². The van der Waals surface area contributed by atoms with Crippen molar-refractivity contribution in [2.45, 2.75) is 33.7 Å². The lowest BCUT2D eigenvalue weighted by atomic mass is 9.85. The van der Waals surface area contributed by atoms with Crippen molar-refractivity contribution in [3.05, 3.63) is 70.2 Å². The molecule has 3 aromatic carbocycles. The molecule has 35 heavy (non-hydrogen) atoms. The topological polar surface area (TPSA) is 56.8 Å². The van der Waals surface area contributed by atoms with E-state index < -0.39 is 0 Å². The number of amides is 1. The van der Waals surface area contributed by atoms with Gasteiger partial charge in [-0.05, 0) is 45.9 Å². The van der Waals surface area contributed by atoms with Gasteiger partial charge < -0.3 is 25.2 Å². The first-order chi connectivity index (χ1) is 17.0. The normalized spacial score (nSPS) is 15.1. The lowest BCUT2D eigenvalue weighted by Crippen LogP contribution is -2.34. The van der Waals surface area contributed by atoms with E-state index in [-0.39, 0.29) is 11.9 Å². The summed E-state index contributed by atoms with van der Waals surface area (Å²) in [5.41, 5.74) is 6.30. The Bertz CT molecular complexity index is 1280. The van der Waals surface area contributed by atoms with Crippen LogP contribution in [-0.2, 0) is 0 Å². The molecule has 6 nitrogen and oxygen atoms in total. The number of carbonyl (C=O) groups is 1. The number of nitrogens with zero attached hydrogens (tertiary/aromatic N) is 2. The molecule has 0 saturated carbocycles. The van der Waals surface area contributed by atoms with E-state index in [0.717, 1.165) is 65.8 Å². The number of fused-ring (bicyclic) bond motifs is 4. The Morgan fingerprint density at radius 2 is 1.66 bits per heavy atom. The molecule has 2 aliphatic rings. The standard InChI is InChI=1S/C28H31ClN4O2/c1-5-32(6-2)17-13-14-18-22(15-17)35-23-16-21(33(7-3)8-4)27-25(28(34)31-27)24(23)26(18)30-20-12-10-9-11-19(20)29/h9-16,26,30H,5-8H2,1-4H3,(H,31,34). The monoisotopic (exact) mass is 490 g/mol. The SMILES string of the molecule is CCN(CC)c1ccc2c(c1)Oc1cc(N(CC)CC)c3c(c1C2Nc1ccccc1Cl)C(=O)N3. The summed E-state index contributed by atoms with van der Waals surface area (Å²) < 4.78 is 6.55. The van der Waals surface area contributed by atoms with Crippen molar-refractivity contribution in [2.24, 2.45) is 0 Å². The summed E-state index contributed by atoms with van der Waals surface area (Å²) >= 11 is 6.53. The Labute approximate surface area is 211 Å². The first kappa shape index (κ1) is 23.4. The Hall–Kier alpha value is -3.38. The van der Waals surface area contributed by atoms with Crippen LogP contribution in [0, 0.1) is 0 Å². The smallest absolute Gasteiger partial charge is 0.258 e. The van der Waals surface area contributed by atoms with Gasteiger partial charge in [0.05, 0.1) is 33.7 Å². The van der Waals surface area contributed by atoms with E-state index in [0.29, 0.717) is 16.3 Å². The van der Waals surface area contributed by atoms with Crippen LogP contribution in [0.4, 0.5) is 22.7 Å². The Morgan fingerprint density at radius 3 is 2.31 bits per heavy atom. The van der Waals surface area contributed by atoms with Gasteiger partial charge in [-0.3, -0.25) is 4.79 Å². The molecule has 2 heterocycles. The van der Waals surface area contributed by atoms with Crippen molar-refractivity contribution in [2.75, 3.05) is 46.6 Å². The molecule has 182 valence electrons. The second-order valence-corrected chi connectivity index (χ2v) is 9.14. The number of ether oxygens (including phenoxy) is 1. The molecule has 0 aliphatic carbocycles. The van der Waals surface area contributed by atoms with Gasteiger partial charge in [0.2, 0.25) is 0 Å². The zero-order valence-electron chi connectivity index (χ0n) is 20.6. The number of rotatable bonds is 8. The van der Waals surface area contributed by atoms with Crippen LogP contribution < -0.4 is 25.2 Å². The number of benzene rings is 3. The molecule has 0 saturated heterocycles. The van der Waals surface area contributed by atoms with Crippen LogP contribution in [0.2, 0.25) is 5.02 Å². The second-order valence-electron chi connectivity index (χ2n) is 8.74. The van der Waals surface area contributed by atoms with Crippen molar-refractivity contribution in [3.63, 3.8) is 0 Å². The van der Waals surface area contributed by atoms with E-state index in [4.69, 9.17) is 16.3 Å². The summed E-state index contributed by atoms with van der Waals surface area (Å²) in [4.78, 5) is 17.4. The molecule has 2 N–H and O–H groups in total. The summed E-state index contributed by atoms with van der Waals surface area (Å²) in [6.45, 7) is 12.0. The highest BCUT2D eigenvalue weighted by atomic mass is 35.5. The van der Waals surface area contributed by atoms with Crippen LogP contribution in [0.15, 0.2) is 48.5 Å². The van der Waals surface area contributed by atoms with E-state index in [9.17, 15) is 4.79 Å². The van der Waals surface area contributed by atoms with Crippen LogP contribution in [0.25, 0.3) is 0 Å². The van der Waals surface area contributed by atoms with Gasteiger partial charge in [0.25, 0.3) is 5.91 Å². The molecule has 3 aromatic rings. The zero-order valence-corrected chi connectivity index (χ0v) is 21.4. The molecule has 0 fully saturated rings. The third-order valence-corrected chi connectivity index (χ3v) is 7.33. The lowest BCUT2D eigenvalue weighted by molar-refractivity contribution is 0.101. The zero-order chi connectivity index (χ0) is 24.7. The highest BCUT2D eigenvalue weighted by Crippen LogP contribution is 2.53. The van der Waals surface area contributed by atoms with E-state index in [1.807, 2.05) is 24.3 Å². The third-order valence-electron chi connectivity index (χ3n) is 7.00. The van der Waals surface area contributed by atoms with Gasteiger partial charge in [-0.2, -0.15) is 0 Å². The van der Waals surface area contributed by atoms with E-state index >= 15 is 0 Å². The maximum absolute atomic E-state index is 12.9. The minimum absolute atomic E-state index is 0.0805. The summed E-state index contributed by atoms with van der Waals surface area (Å²) in [6, 6.07) is 15.8. The number of carbonyl (C=O) groups excluding carboxylic acids is 1. The average Bonchev–Trinajstić information content (AvgIpc) is 2.86. The van der Waals surface area contributed by atoms with Crippen molar-refractivity contribution in [1.29, 1.82) is 0 Å². The van der Waals surface area contributed by atoms with Gasteiger partial charge in [-0.1, -0.05) is 29.8 Å². The van der Waals surface area contributed by atoms with Crippen LogP contribution >= 0.6 is 11.6 Å². The van der Waals surface area contributed by atoms with E-state index in [1.54, 1.807) is 0 Å². The Morgan fingerprint density at radius 1 is 0.943 bits per heavy atom. The number of anilines is 4. The number of hydrogen-bond acceptors (Lipinski definition) is 5. The Balaban J connectivity index is 1.70. The van der Waals surface area contributed by atoms with Crippen molar-refractivity contribution >= 4 is 40.3 Å². The lowest BCUT2D eigenvalue weighted by Gasteiger charge is -2.38. The highest BCUT2D eigenvalue weighted by Gasteiger charge is 2.40. The molecule has 5 rings (SSSR count). The highest BCUT2D eigenvalue weighted by molar-refractivity contribution is 6.33. The van der Waals surface area contributed by atoms with Gasteiger partial charge in [-0.25, -0.2) is 0 Å². The molecular formula is C28H31ClN4O2. The predicted octanol–water partition coefficient (Wildman–Crippen LogP) is 6.91. The summed E-state index contributed by atoms with van der Waals surface area (Å²) in [5, 5.41) is 7.26. The van der Waals surface area contributed by atoms with Crippen molar-refractivity contribution in [1.82, 2.24) is 0 Å². The average molecular weight is 491 g/mol. The fourth-order valence-corrected chi connectivity index (χ4v) is 5.30. The number of halogens is 1. The first-order valence-electron chi connectivity index (χ1n) is 12.4. The van der Waals surface area contributed by atoms with Crippen LogP contribution in [0.3, 0.4) is 0 Å². The molecular weight excluding hydrogens is 460 g/mol. The quantitative estimate of drug-likeness (QED) is 0.359. The molecule has 0 aromatic heterocycles. The largest absolute Gasteiger partial charge is 0.456 e. The molecule has 1 atom stereocenters. The fraction of sp³-hybridized carbons (Fsp3) is 0.321. The molecule has 2 aliphatic heterocycles. The minimum Gasteiger partial charge on any atom is -0.456 e. The number of hydrogen-bond donors (Lipinski definition) is 2. The third kappa shape index (κ3) is 3.86. The van der Waals surface area contributed by atoms with E-state index in [2.05, 4.69) is 72.4 Å². The Kier molecular flexibility index (Phi) is 6.24. The number of nitrogens with one attached hydrogen (secondary N) is 2. The molecule has 7 heteroatoms. The summed E-state index contributed by atoms with van der Waals surface area (Å²) in [7, 11) is 0. The van der Waals surface area contributed by atoms with Gasteiger partial charge in [0.15, 0.2) is 0 Å². The number of para-hydroxylation sites is 1. The molecule has 0 spiro atoms. The maximum Gasteiger partial charge on any atom is 0.258 e. The van der Waals surface area contributed by atoms with Crippen LogP contribution in [-0.4, -0.2) is 32.1 Å². The first-order valence-corrected chi connectivity index (χ1v) is 12.7. The van der Waals surface area contributed by atoms with Crippen LogP contribution in [0.1, 0.15) is 55.2 Å². The van der Waals surface area contributed by atoms with E-state index in [1.165, 1.54) is 0 Å². The van der Waals surface area contributed by atoms with Gasteiger partial charge in [-0.15, -0.1) is 0 Å². The second kappa shape index (κ2) is 9.34. The summed E-state index contributed by atoms with van der Waals surface area (Å²) in [5.74, 6) is 1.41. The maximum atomic E-state index is 12.9. The van der Waals surface area contributed by atoms with Crippen LogP contribution in [0.5, 0.6) is 11.5 Å². The van der Waals surface area contributed by atoms with Crippen molar-refractivity contribution < 1.29 is 9.53 Å².